The highest BCUT2D eigenvalue weighted by atomic mass is 19.1. The molecule has 3 amide bonds. The molecular weight excluding hydrogens is 458 g/mol. The number of hydrogen-bond acceptors (Lipinski definition) is 5. The second-order valence-electron chi connectivity index (χ2n) is 9.83. The van der Waals surface area contributed by atoms with Gasteiger partial charge in [0.15, 0.2) is 0 Å². The van der Waals surface area contributed by atoms with Crippen molar-refractivity contribution in [3.05, 3.63) is 53.2 Å². The average Bonchev–Trinajstić information content (AvgIpc) is 2.73. The molecule has 8 nitrogen and oxygen atoms in total. The molecule has 188 valence electrons. The van der Waals surface area contributed by atoms with E-state index >= 15 is 0 Å². The number of piperidine rings is 1. The number of ether oxygens (including phenoxy) is 1. The predicted octanol–water partition coefficient (Wildman–Crippen LogP) is 4.95. The van der Waals surface area contributed by atoms with Gasteiger partial charge in [-0.25, -0.2) is 18.6 Å². The van der Waals surface area contributed by atoms with E-state index in [1.165, 1.54) is 23.2 Å². The number of carbonyl (C=O) groups excluding carboxylic acids is 3. The van der Waals surface area contributed by atoms with Crippen molar-refractivity contribution in [2.75, 3.05) is 17.2 Å². The Morgan fingerprint density at radius 3 is 2.31 bits per heavy atom. The van der Waals surface area contributed by atoms with Gasteiger partial charge in [-0.1, -0.05) is 6.92 Å². The fourth-order valence-electron chi connectivity index (χ4n) is 3.98. The van der Waals surface area contributed by atoms with Crippen molar-refractivity contribution in [2.24, 2.45) is 5.92 Å². The van der Waals surface area contributed by atoms with Crippen molar-refractivity contribution in [2.45, 2.75) is 59.1 Å². The summed E-state index contributed by atoms with van der Waals surface area (Å²) in [5.41, 5.74) is 0.438. The molecule has 10 heteroatoms. The molecule has 0 spiro atoms. The van der Waals surface area contributed by atoms with E-state index in [0.717, 1.165) is 12.5 Å². The Morgan fingerprint density at radius 1 is 1.06 bits per heavy atom. The number of nitrogens with zero attached hydrogens (tertiary/aromatic N) is 2. The number of hydrogen-bond donors (Lipinski definition) is 2. The maximum Gasteiger partial charge on any atom is 0.413 e. The molecule has 1 aromatic carbocycles. The Labute approximate surface area is 203 Å². The number of carbonyl (C=O) groups is 3. The molecule has 1 aromatic heterocycles. The van der Waals surface area contributed by atoms with Crippen LogP contribution >= 0.6 is 0 Å². The molecule has 1 fully saturated rings. The van der Waals surface area contributed by atoms with Gasteiger partial charge in [0, 0.05) is 12.6 Å². The Bertz CT molecular complexity index is 1110. The number of anilines is 2. The molecule has 35 heavy (non-hydrogen) atoms. The minimum Gasteiger partial charge on any atom is -0.444 e. The largest absolute Gasteiger partial charge is 0.444 e. The molecular formula is C25H30F2N4O4. The first-order valence-electron chi connectivity index (χ1n) is 11.4. The normalized spacial score (nSPS) is 18.1. The van der Waals surface area contributed by atoms with Crippen molar-refractivity contribution in [3.8, 4) is 0 Å². The van der Waals surface area contributed by atoms with Crippen LogP contribution in [0.1, 0.15) is 57.7 Å². The third-order valence-electron chi connectivity index (χ3n) is 5.50. The van der Waals surface area contributed by atoms with Crippen molar-refractivity contribution in [1.82, 2.24) is 9.88 Å². The summed E-state index contributed by atoms with van der Waals surface area (Å²) in [6.07, 6.45) is 1.88. The van der Waals surface area contributed by atoms with Gasteiger partial charge >= 0.3 is 17.9 Å². The van der Waals surface area contributed by atoms with Gasteiger partial charge in [0.25, 0.3) is 0 Å². The van der Waals surface area contributed by atoms with E-state index in [4.69, 9.17) is 4.74 Å². The second-order valence-corrected chi connectivity index (χ2v) is 9.83. The lowest BCUT2D eigenvalue weighted by atomic mass is 9.89. The lowest BCUT2D eigenvalue weighted by Crippen LogP contribution is -2.46. The quantitative estimate of drug-likeness (QED) is 0.595. The van der Waals surface area contributed by atoms with Gasteiger partial charge < -0.3 is 15.0 Å². The van der Waals surface area contributed by atoms with Crippen LogP contribution in [-0.4, -0.2) is 39.9 Å². The topological polar surface area (TPSA) is 101 Å². The number of halogens is 2. The summed E-state index contributed by atoms with van der Waals surface area (Å²) < 4.78 is 32.8. The molecule has 0 bridgehead atoms. The van der Waals surface area contributed by atoms with E-state index in [1.54, 1.807) is 33.8 Å². The van der Waals surface area contributed by atoms with E-state index in [0.29, 0.717) is 17.5 Å². The summed E-state index contributed by atoms with van der Waals surface area (Å²) >= 11 is 0. The lowest BCUT2D eigenvalue weighted by Gasteiger charge is -2.38. The zero-order valence-electron chi connectivity index (χ0n) is 20.4. The third kappa shape index (κ3) is 6.97. The number of rotatable bonds is 3. The van der Waals surface area contributed by atoms with Crippen molar-refractivity contribution < 1.29 is 27.9 Å². The summed E-state index contributed by atoms with van der Waals surface area (Å²) in [6.45, 7) is 9.12. The van der Waals surface area contributed by atoms with Crippen LogP contribution in [0, 0.1) is 24.5 Å². The van der Waals surface area contributed by atoms with Crippen LogP contribution in [0.25, 0.3) is 0 Å². The molecule has 2 aromatic rings. The lowest BCUT2D eigenvalue weighted by molar-refractivity contribution is -0.146. The standard InChI is InChI=1S/C25H30F2N4O4/c1-14-6-7-20(16-9-17(26)11-18(27)10-16)31(13-14)23(33)22(32)29-19-8-15(2)21(28-12-19)30-24(34)35-25(3,4)5/h8-12,14,20H,6-7,13H2,1-5H3,(H,29,32)(H,28,30,34)/t14-,20+/m1/s1. The minimum absolute atomic E-state index is 0.128. The summed E-state index contributed by atoms with van der Waals surface area (Å²) in [4.78, 5) is 43.3. The van der Waals surface area contributed by atoms with E-state index in [9.17, 15) is 23.2 Å². The fourth-order valence-corrected chi connectivity index (χ4v) is 3.98. The first kappa shape index (κ1) is 26.1. The molecule has 2 N–H and O–H groups in total. The van der Waals surface area contributed by atoms with Crippen LogP contribution in [0.4, 0.5) is 25.1 Å². The number of nitrogens with one attached hydrogen (secondary N) is 2. The number of aromatic nitrogens is 1. The number of pyridine rings is 1. The van der Waals surface area contributed by atoms with E-state index in [1.807, 2.05) is 6.92 Å². The van der Waals surface area contributed by atoms with Crippen molar-refractivity contribution in [1.29, 1.82) is 0 Å². The van der Waals surface area contributed by atoms with Crippen molar-refractivity contribution >= 4 is 29.4 Å². The summed E-state index contributed by atoms with van der Waals surface area (Å²) in [5.74, 6) is -2.80. The summed E-state index contributed by atoms with van der Waals surface area (Å²) in [7, 11) is 0. The van der Waals surface area contributed by atoms with E-state index in [-0.39, 0.29) is 24.0 Å². The minimum atomic E-state index is -0.893. The Hall–Kier alpha value is -3.56. The molecule has 1 saturated heterocycles. The molecule has 0 radical (unpaired) electrons. The van der Waals surface area contributed by atoms with Crippen LogP contribution in [0.2, 0.25) is 0 Å². The summed E-state index contributed by atoms with van der Waals surface area (Å²) in [5, 5.41) is 5.06. The van der Waals surface area contributed by atoms with Crippen LogP contribution in [0.15, 0.2) is 30.5 Å². The Balaban J connectivity index is 1.73. The molecule has 1 aliphatic rings. The van der Waals surface area contributed by atoms with E-state index in [2.05, 4.69) is 15.6 Å². The first-order valence-corrected chi connectivity index (χ1v) is 11.4. The zero-order chi connectivity index (χ0) is 25.9. The van der Waals surface area contributed by atoms with Gasteiger partial charge in [-0.15, -0.1) is 0 Å². The molecule has 3 rings (SSSR count). The van der Waals surface area contributed by atoms with Crippen molar-refractivity contribution in [3.63, 3.8) is 0 Å². The monoisotopic (exact) mass is 488 g/mol. The fraction of sp³-hybridized carbons (Fsp3) is 0.440. The van der Waals surface area contributed by atoms with Crippen LogP contribution < -0.4 is 10.6 Å². The molecule has 0 aliphatic carbocycles. The van der Waals surface area contributed by atoms with Gasteiger partial charge in [0.05, 0.1) is 17.9 Å². The van der Waals surface area contributed by atoms with Gasteiger partial charge in [-0.05, 0) is 75.8 Å². The Morgan fingerprint density at radius 2 is 1.71 bits per heavy atom. The number of benzene rings is 1. The molecule has 2 atom stereocenters. The smallest absolute Gasteiger partial charge is 0.413 e. The molecule has 0 saturated carbocycles. The number of amides is 3. The zero-order valence-corrected chi connectivity index (χ0v) is 20.4. The third-order valence-corrected chi connectivity index (χ3v) is 5.50. The van der Waals surface area contributed by atoms with Gasteiger partial charge in [-0.2, -0.15) is 0 Å². The predicted molar refractivity (Wildman–Crippen MR) is 127 cm³/mol. The number of likely N-dealkylation sites (tertiary alicyclic amines) is 1. The molecule has 1 aliphatic heterocycles. The van der Waals surface area contributed by atoms with Crippen LogP contribution in [0.5, 0.6) is 0 Å². The maximum absolute atomic E-state index is 13.8. The summed E-state index contributed by atoms with van der Waals surface area (Å²) in [6, 6.07) is 4.08. The first-order chi connectivity index (χ1) is 16.3. The second kappa shape index (κ2) is 10.4. The SMILES string of the molecule is Cc1cc(NC(=O)C(=O)N2C[C@H](C)CC[C@H]2c2cc(F)cc(F)c2)cnc1NC(=O)OC(C)(C)C. The maximum atomic E-state index is 13.8. The molecule has 0 unspecified atom stereocenters. The van der Waals surface area contributed by atoms with Gasteiger partial charge in [0.1, 0.15) is 23.1 Å². The van der Waals surface area contributed by atoms with Gasteiger partial charge in [0.2, 0.25) is 0 Å². The van der Waals surface area contributed by atoms with E-state index < -0.39 is 41.2 Å². The van der Waals surface area contributed by atoms with Crippen LogP contribution in [0.3, 0.4) is 0 Å². The highest BCUT2D eigenvalue weighted by molar-refractivity contribution is 6.39. The molecule has 2 heterocycles. The van der Waals surface area contributed by atoms with Crippen LogP contribution in [-0.2, 0) is 14.3 Å². The highest BCUT2D eigenvalue weighted by Gasteiger charge is 2.34. The Kier molecular flexibility index (Phi) is 7.72. The highest BCUT2D eigenvalue weighted by Crippen LogP contribution is 2.34. The average molecular weight is 489 g/mol. The number of aryl methyl sites for hydroxylation is 1. The van der Waals surface area contributed by atoms with Gasteiger partial charge in [-0.3, -0.25) is 14.9 Å².